The molecular formula is C13H11Cl2FN2O2. The molecule has 2 rings (SSSR count). The Labute approximate surface area is 126 Å². The third kappa shape index (κ3) is 5.03. The smallest absolute Gasteiger partial charge is 0.263 e. The molecule has 20 heavy (non-hydrogen) atoms. The molecule has 0 aliphatic rings. The topological polar surface area (TPSA) is 51.2 Å². The lowest BCUT2D eigenvalue weighted by atomic mass is 10.3. The molecule has 0 atom stereocenters. The average molecular weight is 317 g/mol. The zero-order chi connectivity index (χ0) is 13.7. The van der Waals surface area contributed by atoms with Crippen LogP contribution < -0.4 is 10.1 Å². The van der Waals surface area contributed by atoms with Crippen LogP contribution in [0.1, 0.15) is 0 Å². The Morgan fingerprint density at radius 2 is 1.95 bits per heavy atom. The van der Waals surface area contributed by atoms with E-state index in [0.29, 0.717) is 16.6 Å². The minimum Gasteiger partial charge on any atom is -0.484 e. The summed E-state index contributed by atoms with van der Waals surface area (Å²) in [5.41, 5.74) is 0. The number of halogens is 3. The van der Waals surface area contributed by atoms with E-state index in [1.54, 1.807) is 12.1 Å². The molecule has 1 aromatic heterocycles. The fourth-order valence-electron chi connectivity index (χ4n) is 1.31. The summed E-state index contributed by atoms with van der Waals surface area (Å²) < 4.78 is 17.8. The first-order chi connectivity index (χ1) is 9.13. The summed E-state index contributed by atoms with van der Waals surface area (Å²) in [5, 5.41) is 3.03. The molecule has 0 radical (unpaired) electrons. The van der Waals surface area contributed by atoms with Crippen molar-refractivity contribution in [2.75, 3.05) is 11.9 Å². The van der Waals surface area contributed by atoms with Crippen molar-refractivity contribution in [3.05, 3.63) is 53.4 Å². The molecule has 1 amide bonds. The van der Waals surface area contributed by atoms with Gasteiger partial charge in [-0.15, -0.1) is 12.4 Å². The summed E-state index contributed by atoms with van der Waals surface area (Å²) in [4.78, 5) is 15.5. The van der Waals surface area contributed by atoms with Crippen molar-refractivity contribution in [1.82, 2.24) is 4.98 Å². The van der Waals surface area contributed by atoms with E-state index in [2.05, 4.69) is 10.3 Å². The minimum absolute atomic E-state index is 0. The van der Waals surface area contributed by atoms with Gasteiger partial charge in [-0.2, -0.15) is 0 Å². The fraction of sp³-hybridized carbons (Fsp3) is 0.0769. The molecule has 0 bridgehead atoms. The number of carbonyl (C=O) groups excluding carboxylic acids is 1. The molecule has 0 saturated carbocycles. The van der Waals surface area contributed by atoms with Gasteiger partial charge in [-0.3, -0.25) is 4.79 Å². The number of hydrogen-bond donors (Lipinski definition) is 1. The number of carbonyl (C=O) groups is 1. The number of amides is 1. The molecule has 0 aliphatic carbocycles. The summed E-state index contributed by atoms with van der Waals surface area (Å²) in [7, 11) is 0. The monoisotopic (exact) mass is 316 g/mol. The first kappa shape index (κ1) is 16.2. The molecule has 0 fully saturated rings. The van der Waals surface area contributed by atoms with E-state index in [-0.39, 0.29) is 30.7 Å². The summed E-state index contributed by atoms with van der Waals surface area (Å²) in [6.07, 6.45) is 1.43. The maximum Gasteiger partial charge on any atom is 0.263 e. The number of hydrogen-bond acceptors (Lipinski definition) is 3. The Morgan fingerprint density at radius 3 is 2.55 bits per heavy atom. The second-order valence-electron chi connectivity index (χ2n) is 3.65. The van der Waals surface area contributed by atoms with Crippen LogP contribution in [0.4, 0.5) is 10.2 Å². The van der Waals surface area contributed by atoms with E-state index in [1.165, 1.54) is 30.5 Å². The quantitative estimate of drug-likeness (QED) is 0.941. The Hall–Kier alpha value is -1.85. The van der Waals surface area contributed by atoms with Gasteiger partial charge in [0.25, 0.3) is 5.91 Å². The van der Waals surface area contributed by atoms with Crippen LogP contribution in [-0.2, 0) is 4.79 Å². The van der Waals surface area contributed by atoms with Crippen LogP contribution in [0.5, 0.6) is 5.75 Å². The van der Waals surface area contributed by atoms with E-state index in [4.69, 9.17) is 16.3 Å². The van der Waals surface area contributed by atoms with Gasteiger partial charge < -0.3 is 10.1 Å². The molecule has 1 N–H and O–H groups in total. The highest BCUT2D eigenvalue weighted by Gasteiger charge is 2.04. The third-order valence-corrected chi connectivity index (χ3v) is 2.40. The van der Waals surface area contributed by atoms with Crippen LogP contribution in [-0.4, -0.2) is 17.5 Å². The van der Waals surface area contributed by atoms with E-state index in [0.717, 1.165) is 0 Å². The number of ether oxygens (including phenoxy) is 1. The lowest BCUT2D eigenvalue weighted by molar-refractivity contribution is -0.118. The average Bonchev–Trinajstić information content (AvgIpc) is 2.41. The normalized spacial score (nSPS) is 9.50. The van der Waals surface area contributed by atoms with Crippen molar-refractivity contribution in [2.45, 2.75) is 0 Å². The van der Waals surface area contributed by atoms with Gasteiger partial charge in [0.05, 0.1) is 5.02 Å². The first-order valence-corrected chi connectivity index (χ1v) is 5.81. The number of nitrogens with one attached hydrogen (secondary N) is 1. The number of anilines is 1. The predicted molar refractivity (Wildman–Crippen MR) is 77.0 cm³/mol. The van der Waals surface area contributed by atoms with Crippen molar-refractivity contribution in [1.29, 1.82) is 0 Å². The van der Waals surface area contributed by atoms with Crippen LogP contribution in [0.15, 0.2) is 42.6 Å². The number of rotatable bonds is 4. The highest BCUT2D eigenvalue weighted by atomic mass is 35.5. The Kier molecular flexibility index (Phi) is 6.21. The third-order valence-electron chi connectivity index (χ3n) is 2.18. The molecule has 4 nitrogen and oxygen atoms in total. The maximum absolute atomic E-state index is 12.7. The standard InChI is InChI=1S/C13H10ClFN2O2.ClH/c14-9-1-6-12(16-7-9)17-13(18)8-19-11-4-2-10(15)3-5-11;/h1-7H,8H2,(H,16,17,18);1H. The molecule has 1 heterocycles. The van der Waals surface area contributed by atoms with E-state index in [9.17, 15) is 9.18 Å². The van der Waals surface area contributed by atoms with Crippen LogP contribution >= 0.6 is 24.0 Å². The maximum atomic E-state index is 12.7. The number of benzene rings is 1. The van der Waals surface area contributed by atoms with Gasteiger partial charge in [-0.1, -0.05) is 11.6 Å². The lowest BCUT2D eigenvalue weighted by Gasteiger charge is -2.06. The number of nitrogens with zero attached hydrogens (tertiary/aromatic N) is 1. The van der Waals surface area contributed by atoms with Crippen molar-refractivity contribution >= 4 is 35.7 Å². The number of pyridine rings is 1. The van der Waals surface area contributed by atoms with Gasteiger partial charge in [0, 0.05) is 6.20 Å². The van der Waals surface area contributed by atoms with Gasteiger partial charge in [0.1, 0.15) is 17.4 Å². The lowest BCUT2D eigenvalue weighted by Crippen LogP contribution is -2.20. The highest BCUT2D eigenvalue weighted by molar-refractivity contribution is 6.30. The van der Waals surface area contributed by atoms with Gasteiger partial charge in [-0.25, -0.2) is 9.37 Å². The molecule has 0 aliphatic heterocycles. The molecule has 0 saturated heterocycles. The molecule has 0 unspecified atom stereocenters. The zero-order valence-corrected chi connectivity index (χ0v) is 11.7. The Balaban J connectivity index is 0.00000200. The zero-order valence-electron chi connectivity index (χ0n) is 10.2. The first-order valence-electron chi connectivity index (χ1n) is 5.43. The van der Waals surface area contributed by atoms with Crippen molar-refractivity contribution < 1.29 is 13.9 Å². The van der Waals surface area contributed by atoms with Crippen LogP contribution in [0.2, 0.25) is 5.02 Å². The van der Waals surface area contributed by atoms with Crippen LogP contribution in [0.25, 0.3) is 0 Å². The van der Waals surface area contributed by atoms with E-state index >= 15 is 0 Å². The largest absolute Gasteiger partial charge is 0.484 e. The van der Waals surface area contributed by atoms with Gasteiger partial charge in [-0.05, 0) is 36.4 Å². The molecule has 7 heteroatoms. The predicted octanol–water partition coefficient (Wildman–Crippen LogP) is 3.31. The Bertz CT molecular complexity index is 562. The van der Waals surface area contributed by atoms with Crippen molar-refractivity contribution in [3.8, 4) is 5.75 Å². The summed E-state index contributed by atoms with van der Waals surface area (Å²) in [6, 6.07) is 8.61. The number of aromatic nitrogens is 1. The van der Waals surface area contributed by atoms with Gasteiger partial charge in [0.2, 0.25) is 0 Å². The SMILES string of the molecule is Cl.O=C(COc1ccc(F)cc1)Nc1ccc(Cl)cn1. The fourth-order valence-corrected chi connectivity index (χ4v) is 1.42. The van der Waals surface area contributed by atoms with Crippen LogP contribution in [0, 0.1) is 5.82 Å². The summed E-state index contributed by atoms with van der Waals surface area (Å²) in [6.45, 7) is -0.185. The Morgan fingerprint density at radius 1 is 1.25 bits per heavy atom. The molecule has 106 valence electrons. The van der Waals surface area contributed by atoms with Gasteiger partial charge >= 0.3 is 0 Å². The highest BCUT2D eigenvalue weighted by Crippen LogP contribution is 2.12. The molecule has 0 spiro atoms. The van der Waals surface area contributed by atoms with E-state index < -0.39 is 0 Å². The van der Waals surface area contributed by atoms with Gasteiger partial charge in [0.15, 0.2) is 6.61 Å². The summed E-state index contributed by atoms with van der Waals surface area (Å²) >= 11 is 5.67. The second-order valence-corrected chi connectivity index (χ2v) is 4.09. The molecule has 2 aromatic rings. The van der Waals surface area contributed by atoms with Crippen LogP contribution in [0.3, 0.4) is 0 Å². The van der Waals surface area contributed by atoms with E-state index in [1.807, 2.05) is 0 Å². The van der Waals surface area contributed by atoms with Crippen molar-refractivity contribution in [2.24, 2.45) is 0 Å². The molecule has 1 aromatic carbocycles. The van der Waals surface area contributed by atoms with Crippen molar-refractivity contribution in [3.63, 3.8) is 0 Å². The molecular weight excluding hydrogens is 306 g/mol. The summed E-state index contributed by atoms with van der Waals surface area (Å²) in [5.74, 6) is 0.0824. The second kappa shape index (κ2) is 7.67. The minimum atomic E-state index is -0.362.